The van der Waals surface area contributed by atoms with Crippen molar-refractivity contribution in [2.24, 2.45) is 0 Å². The fourth-order valence-electron chi connectivity index (χ4n) is 1.52. The Hall–Kier alpha value is -2.07. The van der Waals surface area contributed by atoms with Gasteiger partial charge in [-0.1, -0.05) is 48.0 Å². The van der Waals surface area contributed by atoms with Crippen molar-refractivity contribution in [3.8, 4) is 0 Å². The molecule has 5 heteroatoms. The third kappa shape index (κ3) is 7.32. The lowest BCUT2D eigenvalue weighted by Crippen LogP contribution is -2.22. The summed E-state index contributed by atoms with van der Waals surface area (Å²) in [6.07, 6.45) is 7.48. The summed E-state index contributed by atoms with van der Waals surface area (Å²) in [6.45, 7) is 0.437. The summed E-state index contributed by atoms with van der Waals surface area (Å²) in [5, 5.41) is 3.34. The molecule has 1 rings (SSSR count). The van der Waals surface area contributed by atoms with Crippen LogP contribution in [0.1, 0.15) is 18.4 Å². The Morgan fingerprint density at radius 3 is 2.76 bits per heavy atom. The molecule has 0 saturated heterocycles. The third-order valence-electron chi connectivity index (χ3n) is 2.62. The van der Waals surface area contributed by atoms with E-state index in [1.165, 1.54) is 13.2 Å². The maximum atomic E-state index is 11.5. The van der Waals surface area contributed by atoms with Gasteiger partial charge in [-0.2, -0.15) is 0 Å². The maximum Gasteiger partial charge on any atom is 0.305 e. The highest BCUT2D eigenvalue weighted by atomic mass is 35.5. The first-order valence-electron chi connectivity index (χ1n) is 6.57. The lowest BCUT2D eigenvalue weighted by Gasteiger charge is -2.00. The van der Waals surface area contributed by atoms with Crippen LogP contribution in [0, 0.1) is 0 Å². The van der Waals surface area contributed by atoms with Crippen LogP contribution in [0.15, 0.2) is 42.5 Å². The van der Waals surface area contributed by atoms with Gasteiger partial charge in [0.2, 0.25) is 5.91 Å². The molecule has 1 aromatic carbocycles. The Kier molecular flexibility index (Phi) is 7.90. The number of carbonyl (C=O) groups is 2. The number of hydrogen-bond acceptors (Lipinski definition) is 3. The molecule has 0 saturated carbocycles. The summed E-state index contributed by atoms with van der Waals surface area (Å²) in [5.41, 5.74) is 0.891. The second kappa shape index (κ2) is 9.77. The first-order valence-corrected chi connectivity index (χ1v) is 6.95. The number of rotatable bonds is 7. The summed E-state index contributed by atoms with van der Waals surface area (Å²) in [5.74, 6) is -0.480. The molecule has 1 N–H and O–H groups in total. The number of halogens is 1. The van der Waals surface area contributed by atoms with Gasteiger partial charge in [-0.15, -0.1) is 0 Å². The molecule has 21 heavy (non-hydrogen) atoms. The van der Waals surface area contributed by atoms with Crippen LogP contribution in [0.4, 0.5) is 0 Å². The van der Waals surface area contributed by atoms with E-state index >= 15 is 0 Å². The highest BCUT2D eigenvalue weighted by molar-refractivity contribution is 6.32. The molecule has 0 radical (unpaired) electrons. The Morgan fingerprint density at radius 1 is 1.29 bits per heavy atom. The Morgan fingerprint density at radius 2 is 2.05 bits per heavy atom. The predicted octanol–water partition coefficient (Wildman–Crippen LogP) is 2.98. The maximum absolute atomic E-state index is 11.5. The van der Waals surface area contributed by atoms with Crippen LogP contribution in [0.5, 0.6) is 0 Å². The number of hydrogen-bond donors (Lipinski definition) is 1. The SMILES string of the molecule is COC(=O)CCCNC(=O)/C=C/C=C/c1ccccc1Cl. The zero-order valence-corrected chi connectivity index (χ0v) is 12.6. The van der Waals surface area contributed by atoms with Crippen molar-refractivity contribution in [1.29, 1.82) is 0 Å². The molecule has 0 fully saturated rings. The van der Waals surface area contributed by atoms with Crippen molar-refractivity contribution < 1.29 is 14.3 Å². The molecule has 0 aliphatic carbocycles. The number of allylic oxidation sites excluding steroid dienone is 2. The van der Waals surface area contributed by atoms with Gasteiger partial charge < -0.3 is 10.1 Å². The van der Waals surface area contributed by atoms with Gasteiger partial charge in [-0.25, -0.2) is 0 Å². The number of carbonyl (C=O) groups excluding carboxylic acids is 2. The van der Waals surface area contributed by atoms with Crippen LogP contribution in [0.25, 0.3) is 6.08 Å². The molecule has 0 aliphatic heterocycles. The molecule has 0 bridgehead atoms. The van der Waals surface area contributed by atoms with E-state index in [4.69, 9.17) is 11.6 Å². The highest BCUT2D eigenvalue weighted by Crippen LogP contribution is 2.16. The number of esters is 1. The van der Waals surface area contributed by atoms with Crippen molar-refractivity contribution in [2.75, 3.05) is 13.7 Å². The smallest absolute Gasteiger partial charge is 0.305 e. The second-order valence-corrected chi connectivity index (χ2v) is 4.62. The number of amides is 1. The van der Waals surface area contributed by atoms with Gasteiger partial charge in [0.05, 0.1) is 7.11 Å². The molecule has 4 nitrogen and oxygen atoms in total. The molecular formula is C16H18ClNO3. The fourth-order valence-corrected chi connectivity index (χ4v) is 1.72. The second-order valence-electron chi connectivity index (χ2n) is 4.21. The minimum atomic E-state index is -0.275. The van der Waals surface area contributed by atoms with Crippen LogP contribution in [0.3, 0.4) is 0 Å². The zero-order chi connectivity index (χ0) is 15.5. The van der Waals surface area contributed by atoms with E-state index < -0.39 is 0 Å². The highest BCUT2D eigenvalue weighted by Gasteiger charge is 2.00. The molecule has 0 aliphatic rings. The first kappa shape index (κ1) is 17.0. The largest absolute Gasteiger partial charge is 0.469 e. The molecule has 112 valence electrons. The predicted molar refractivity (Wildman–Crippen MR) is 83.9 cm³/mol. The Bertz CT molecular complexity index is 538. The van der Waals surface area contributed by atoms with Crippen molar-refractivity contribution in [1.82, 2.24) is 5.32 Å². The Balaban J connectivity index is 2.28. The van der Waals surface area contributed by atoms with Gasteiger partial charge in [0.25, 0.3) is 0 Å². The van der Waals surface area contributed by atoms with E-state index in [1.807, 2.05) is 24.3 Å². The van der Waals surface area contributed by atoms with Crippen molar-refractivity contribution in [3.63, 3.8) is 0 Å². The van der Waals surface area contributed by atoms with Gasteiger partial charge in [-0.05, 0) is 18.1 Å². The molecule has 1 amide bonds. The number of methoxy groups -OCH3 is 1. The molecule has 0 spiro atoms. The molecule has 0 atom stereocenters. The zero-order valence-electron chi connectivity index (χ0n) is 11.8. The van der Waals surface area contributed by atoms with Crippen molar-refractivity contribution >= 4 is 29.6 Å². The van der Waals surface area contributed by atoms with Crippen molar-refractivity contribution in [2.45, 2.75) is 12.8 Å². The number of benzene rings is 1. The van der Waals surface area contributed by atoms with E-state index in [1.54, 1.807) is 18.2 Å². The third-order valence-corrected chi connectivity index (χ3v) is 2.97. The molecule has 0 heterocycles. The van der Waals surface area contributed by atoms with Crippen LogP contribution in [-0.2, 0) is 14.3 Å². The summed E-state index contributed by atoms with van der Waals surface area (Å²) in [4.78, 5) is 22.3. The molecule has 0 unspecified atom stereocenters. The van der Waals surface area contributed by atoms with E-state index in [9.17, 15) is 9.59 Å². The molecular weight excluding hydrogens is 290 g/mol. The van der Waals surface area contributed by atoms with Crippen LogP contribution in [0.2, 0.25) is 5.02 Å². The summed E-state index contributed by atoms with van der Waals surface area (Å²) < 4.78 is 4.50. The number of ether oxygens (including phenoxy) is 1. The van der Waals surface area contributed by atoms with Crippen LogP contribution in [-0.4, -0.2) is 25.5 Å². The number of nitrogens with one attached hydrogen (secondary N) is 1. The van der Waals surface area contributed by atoms with Crippen LogP contribution < -0.4 is 5.32 Å². The average Bonchev–Trinajstić information content (AvgIpc) is 2.49. The average molecular weight is 308 g/mol. The van der Waals surface area contributed by atoms with Crippen LogP contribution >= 0.6 is 11.6 Å². The van der Waals surface area contributed by atoms with Gasteiger partial charge in [0.15, 0.2) is 0 Å². The van der Waals surface area contributed by atoms with E-state index in [0.29, 0.717) is 24.4 Å². The topological polar surface area (TPSA) is 55.4 Å². The minimum Gasteiger partial charge on any atom is -0.469 e. The lowest BCUT2D eigenvalue weighted by molar-refractivity contribution is -0.140. The van der Waals surface area contributed by atoms with Gasteiger partial charge >= 0.3 is 5.97 Å². The Labute approximate surface area is 129 Å². The molecule has 0 aromatic heterocycles. The summed E-state index contributed by atoms with van der Waals surface area (Å²) in [6, 6.07) is 7.44. The van der Waals surface area contributed by atoms with Gasteiger partial charge in [0.1, 0.15) is 0 Å². The quantitative estimate of drug-likeness (QED) is 0.365. The van der Waals surface area contributed by atoms with Gasteiger partial charge in [0, 0.05) is 24.1 Å². The summed E-state index contributed by atoms with van der Waals surface area (Å²) >= 11 is 6.00. The van der Waals surface area contributed by atoms with E-state index in [2.05, 4.69) is 10.1 Å². The molecule has 1 aromatic rings. The standard InChI is InChI=1S/C16H18ClNO3/c1-21-16(20)11-6-12-18-15(19)10-5-3-8-13-7-2-4-9-14(13)17/h2-5,7-10H,6,11-12H2,1H3,(H,18,19)/b8-3+,10-5+. The lowest BCUT2D eigenvalue weighted by atomic mass is 10.2. The minimum absolute atomic E-state index is 0.205. The van der Waals surface area contributed by atoms with E-state index in [-0.39, 0.29) is 11.9 Å². The van der Waals surface area contributed by atoms with Crippen molar-refractivity contribution in [3.05, 3.63) is 53.1 Å². The fraction of sp³-hybridized carbons (Fsp3) is 0.250. The van der Waals surface area contributed by atoms with E-state index in [0.717, 1.165) is 5.56 Å². The summed E-state index contributed by atoms with van der Waals surface area (Å²) in [7, 11) is 1.34. The normalized spacial score (nSPS) is 11.0. The first-order chi connectivity index (χ1) is 10.1. The van der Waals surface area contributed by atoms with Gasteiger partial charge in [-0.3, -0.25) is 9.59 Å². The monoisotopic (exact) mass is 307 g/mol.